The summed E-state index contributed by atoms with van der Waals surface area (Å²) in [7, 11) is -1.43. The van der Waals surface area contributed by atoms with Crippen LogP contribution in [0.4, 0.5) is 0 Å². The first-order valence-electron chi connectivity index (χ1n) is 3.67. The van der Waals surface area contributed by atoms with Crippen LogP contribution in [0.25, 0.3) is 0 Å². The highest BCUT2D eigenvalue weighted by Crippen LogP contribution is 2.13. The lowest BCUT2D eigenvalue weighted by Crippen LogP contribution is -2.29. The van der Waals surface area contributed by atoms with Gasteiger partial charge in [-0.05, 0) is 31.8 Å². The predicted molar refractivity (Wildman–Crippen MR) is 48.2 cm³/mol. The minimum atomic E-state index is -1.43. The summed E-state index contributed by atoms with van der Waals surface area (Å²) >= 11 is 0. The van der Waals surface area contributed by atoms with Crippen LogP contribution in [0.15, 0.2) is 24.5 Å². The Morgan fingerprint density at radius 2 is 1.73 bits per heavy atom. The van der Waals surface area contributed by atoms with E-state index in [-0.39, 0.29) is 0 Å². The average molecular weight is 167 g/mol. The normalized spacial score (nSPS) is 11.2. The van der Waals surface area contributed by atoms with Crippen LogP contribution in [0.2, 0.25) is 19.6 Å². The maximum atomic E-state index is 5.70. The van der Waals surface area contributed by atoms with E-state index < -0.39 is 8.32 Å². The molecular weight excluding hydrogens is 154 g/mol. The molecule has 1 heterocycles. The minimum absolute atomic E-state index is 0.930. The van der Waals surface area contributed by atoms with Crippen LogP contribution < -0.4 is 4.43 Å². The molecule has 0 saturated heterocycles. The molecule has 0 bridgehead atoms. The Morgan fingerprint density at radius 1 is 1.18 bits per heavy atom. The molecule has 0 radical (unpaired) electrons. The van der Waals surface area contributed by atoms with Gasteiger partial charge in [0, 0.05) is 12.4 Å². The molecular formula is C8H13NOSi. The Labute approximate surface area is 68.4 Å². The van der Waals surface area contributed by atoms with Gasteiger partial charge in [-0.3, -0.25) is 4.98 Å². The quantitative estimate of drug-likeness (QED) is 0.630. The lowest BCUT2D eigenvalue weighted by Gasteiger charge is -2.18. The molecule has 1 aromatic heterocycles. The minimum Gasteiger partial charge on any atom is -0.544 e. The second-order valence-electron chi connectivity index (χ2n) is 3.40. The maximum absolute atomic E-state index is 5.70. The highest BCUT2D eigenvalue weighted by Gasteiger charge is 2.15. The second-order valence-corrected chi connectivity index (χ2v) is 7.83. The standard InChI is InChI=1S/C8H13NOSi/c1-11(2,3)10-8-4-6-9-7-5-8/h4-7H,1-3H3. The number of pyridine rings is 1. The Hall–Kier alpha value is -0.833. The van der Waals surface area contributed by atoms with Crippen LogP contribution in [0.3, 0.4) is 0 Å². The van der Waals surface area contributed by atoms with Crippen molar-refractivity contribution in [3.63, 3.8) is 0 Å². The van der Waals surface area contributed by atoms with Gasteiger partial charge in [-0.2, -0.15) is 0 Å². The van der Waals surface area contributed by atoms with Gasteiger partial charge in [-0.15, -0.1) is 0 Å². The topological polar surface area (TPSA) is 22.1 Å². The molecule has 0 N–H and O–H groups in total. The van der Waals surface area contributed by atoms with Crippen LogP contribution in [-0.2, 0) is 0 Å². The van der Waals surface area contributed by atoms with Gasteiger partial charge in [0.25, 0.3) is 0 Å². The third-order valence-corrected chi connectivity index (χ3v) is 1.92. The smallest absolute Gasteiger partial charge is 0.242 e. The summed E-state index contributed by atoms with van der Waals surface area (Å²) in [6.45, 7) is 6.48. The Morgan fingerprint density at radius 3 is 2.18 bits per heavy atom. The van der Waals surface area contributed by atoms with Crippen LogP contribution in [-0.4, -0.2) is 13.3 Å². The van der Waals surface area contributed by atoms with E-state index in [1.807, 2.05) is 12.1 Å². The van der Waals surface area contributed by atoms with Crippen molar-refractivity contribution in [2.75, 3.05) is 0 Å². The number of hydrogen-bond acceptors (Lipinski definition) is 2. The van der Waals surface area contributed by atoms with Gasteiger partial charge in [0.1, 0.15) is 5.75 Å². The SMILES string of the molecule is C[Si](C)(C)Oc1ccncc1. The molecule has 0 atom stereocenters. The summed E-state index contributed by atoms with van der Waals surface area (Å²) in [4.78, 5) is 3.91. The fourth-order valence-electron chi connectivity index (χ4n) is 0.760. The summed E-state index contributed by atoms with van der Waals surface area (Å²) in [5.41, 5.74) is 0. The van der Waals surface area contributed by atoms with Gasteiger partial charge in [0.05, 0.1) is 0 Å². The predicted octanol–water partition coefficient (Wildman–Crippen LogP) is 2.30. The van der Waals surface area contributed by atoms with Crippen molar-refractivity contribution >= 4 is 8.32 Å². The van der Waals surface area contributed by atoms with E-state index in [9.17, 15) is 0 Å². The van der Waals surface area contributed by atoms with Gasteiger partial charge < -0.3 is 4.43 Å². The van der Waals surface area contributed by atoms with Crippen molar-refractivity contribution in [2.24, 2.45) is 0 Å². The van der Waals surface area contributed by atoms with Crippen molar-refractivity contribution in [3.05, 3.63) is 24.5 Å². The largest absolute Gasteiger partial charge is 0.544 e. The molecule has 0 aliphatic heterocycles. The second kappa shape index (κ2) is 3.05. The zero-order valence-corrected chi connectivity index (χ0v) is 8.16. The van der Waals surface area contributed by atoms with Crippen molar-refractivity contribution in [2.45, 2.75) is 19.6 Å². The van der Waals surface area contributed by atoms with Crippen molar-refractivity contribution < 1.29 is 4.43 Å². The molecule has 1 aromatic rings. The first-order chi connectivity index (χ1) is 5.08. The number of rotatable bonds is 2. The van der Waals surface area contributed by atoms with Gasteiger partial charge >= 0.3 is 0 Å². The van der Waals surface area contributed by atoms with Gasteiger partial charge in [-0.25, -0.2) is 0 Å². The molecule has 11 heavy (non-hydrogen) atoms. The van der Waals surface area contributed by atoms with Crippen molar-refractivity contribution in [1.29, 1.82) is 0 Å². The molecule has 3 heteroatoms. The Kier molecular flexibility index (Phi) is 2.29. The summed E-state index contributed by atoms with van der Waals surface area (Å²) in [5, 5.41) is 0. The number of nitrogens with zero attached hydrogens (tertiary/aromatic N) is 1. The maximum Gasteiger partial charge on any atom is 0.242 e. The molecule has 60 valence electrons. The third-order valence-electron chi connectivity index (χ3n) is 1.07. The van der Waals surface area contributed by atoms with Gasteiger partial charge in [-0.1, -0.05) is 0 Å². The molecule has 1 rings (SSSR count). The van der Waals surface area contributed by atoms with Crippen LogP contribution >= 0.6 is 0 Å². The monoisotopic (exact) mass is 167 g/mol. The number of hydrogen-bond donors (Lipinski definition) is 0. The van der Waals surface area contributed by atoms with Crippen LogP contribution in [0, 0.1) is 0 Å². The Balaban J connectivity index is 2.66. The van der Waals surface area contributed by atoms with Crippen molar-refractivity contribution in [1.82, 2.24) is 4.98 Å². The average Bonchev–Trinajstić information content (AvgIpc) is 1.85. The molecule has 0 spiro atoms. The van der Waals surface area contributed by atoms with Crippen LogP contribution in [0.5, 0.6) is 5.75 Å². The third kappa shape index (κ3) is 3.18. The summed E-state index contributed by atoms with van der Waals surface area (Å²) < 4.78 is 5.70. The lowest BCUT2D eigenvalue weighted by molar-refractivity contribution is 0.557. The molecule has 0 amide bonds. The van der Waals surface area contributed by atoms with E-state index in [0.717, 1.165) is 5.75 Å². The van der Waals surface area contributed by atoms with Crippen LogP contribution in [0.1, 0.15) is 0 Å². The number of aromatic nitrogens is 1. The van der Waals surface area contributed by atoms with E-state index in [2.05, 4.69) is 24.6 Å². The molecule has 0 aromatic carbocycles. The molecule has 2 nitrogen and oxygen atoms in total. The molecule has 0 aliphatic carbocycles. The first-order valence-corrected chi connectivity index (χ1v) is 7.08. The van der Waals surface area contributed by atoms with Gasteiger partial charge in [0.2, 0.25) is 8.32 Å². The van der Waals surface area contributed by atoms with E-state index in [4.69, 9.17) is 4.43 Å². The summed E-state index contributed by atoms with van der Waals surface area (Å²) in [6, 6.07) is 3.77. The molecule has 0 unspecified atom stereocenters. The zero-order valence-electron chi connectivity index (χ0n) is 7.16. The summed E-state index contributed by atoms with van der Waals surface area (Å²) in [6.07, 6.45) is 3.49. The highest BCUT2D eigenvalue weighted by atomic mass is 28.4. The van der Waals surface area contributed by atoms with Gasteiger partial charge in [0.15, 0.2) is 0 Å². The summed E-state index contributed by atoms with van der Waals surface area (Å²) in [5.74, 6) is 0.930. The molecule has 0 saturated carbocycles. The van der Waals surface area contributed by atoms with E-state index in [1.54, 1.807) is 12.4 Å². The Bertz CT molecular complexity index is 217. The molecule has 0 fully saturated rings. The van der Waals surface area contributed by atoms with Crippen molar-refractivity contribution in [3.8, 4) is 5.75 Å². The lowest BCUT2D eigenvalue weighted by atomic mass is 10.5. The fourth-order valence-corrected chi connectivity index (χ4v) is 1.60. The first kappa shape index (κ1) is 8.27. The molecule has 0 aliphatic rings. The van der Waals surface area contributed by atoms with E-state index >= 15 is 0 Å². The highest BCUT2D eigenvalue weighted by molar-refractivity contribution is 6.70. The van der Waals surface area contributed by atoms with E-state index in [1.165, 1.54) is 0 Å². The van der Waals surface area contributed by atoms with E-state index in [0.29, 0.717) is 0 Å². The zero-order chi connectivity index (χ0) is 8.32. The fraction of sp³-hybridized carbons (Fsp3) is 0.375.